The van der Waals surface area contributed by atoms with Gasteiger partial charge in [0.25, 0.3) is 5.91 Å². The normalized spacial score (nSPS) is 19.4. The number of nitrogens with zero attached hydrogens (tertiary/aromatic N) is 1. The first kappa shape index (κ1) is 14.0. The number of rotatable bonds is 4. The van der Waals surface area contributed by atoms with E-state index in [1.54, 1.807) is 11.0 Å². The van der Waals surface area contributed by atoms with Crippen LogP contribution in [0.4, 0.5) is 0 Å². The van der Waals surface area contributed by atoms with Gasteiger partial charge in [0.05, 0.1) is 17.6 Å². The summed E-state index contributed by atoms with van der Waals surface area (Å²) in [7, 11) is 0. The smallest absolute Gasteiger partial charge is 0.345 e. The van der Waals surface area contributed by atoms with Gasteiger partial charge in [-0.25, -0.2) is 4.79 Å². The van der Waals surface area contributed by atoms with Crippen LogP contribution in [-0.4, -0.2) is 47.7 Å². The van der Waals surface area contributed by atoms with Crippen LogP contribution in [0.3, 0.4) is 0 Å². The van der Waals surface area contributed by atoms with Gasteiger partial charge in [0, 0.05) is 13.1 Å². The van der Waals surface area contributed by atoms with Gasteiger partial charge in [-0.2, -0.15) is 0 Å². The van der Waals surface area contributed by atoms with Crippen molar-refractivity contribution in [3.63, 3.8) is 0 Å². The number of hydrogen-bond acceptors (Lipinski definition) is 4. The van der Waals surface area contributed by atoms with E-state index < -0.39 is 5.97 Å². The molecule has 1 aliphatic heterocycles. The van der Waals surface area contributed by atoms with Gasteiger partial charge < -0.3 is 14.7 Å². The average Bonchev–Trinajstić information content (AvgIpc) is 2.88. The Kier molecular flexibility index (Phi) is 4.55. The molecule has 1 aromatic rings. The summed E-state index contributed by atoms with van der Waals surface area (Å²) < 4.78 is 5.59. The molecule has 1 unspecified atom stereocenters. The van der Waals surface area contributed by atoms with Crippen molar-refractivity contribution in [1.82, 2.24) is 4.90 Å². The molecule has 1 atom stereocenters. The second-order valence-electron chi connectivity index (χ2n) is 4.50. The molecule has 2 heterocycles. The summed E-state index contributed by atoms with van der Waals surface area (Å²) in [4.78, 5) is 25.5. The Morgan fingerprint density at radius 1 is 1.47 bits per heavy atom. The predicted molar refractivity (Wildman–Crippen MR) is 71.8 cm³/mol. The number of morpholine rings is 1. The van der Waals surface area contributed by atoms with Crippen molar-refractivity contribution in [3.05, 3.63) is 21.9 Å². The molecule has 1 aromatic heterocycles. The summed E-state index contributed by atoms with van der Waals surface area (Å²) in [6.07, 6.45) is 2.06. The van der Waals surface area contributed by atoms with Crippen molar-refractivity contribution >= 4 is 23.2 Å². The summed E-state index contributed by atoms with van der Waals surface area (Å²) in [6, 6.07) is 3.06. The molecule has 1 amide bonds. The maximum Gasteiger partial charge on any atom is 0.345 e. The Labute approximate surface area is 115 Å². The van der Waals surface area contributed by atoms with E-state index in [0.717, 1.165) is 24.2 Å². The van der Waals surface area contributed by atoms with E-state index in [-0.39, 0.29) is 16.9 Å². The van der Waals surface area contributed by atoms with Crippen molar-refractivity contribution in [3.8, 4) is 0 Å². The Morgan fingerprint density at radius 3 is 2.84 bits per heavy atom. The van der Waals surface area contributed by atoms with Crippen molar-refractivity contribution < 1.29 is 19.4 Å². The molecule has 0 aliphatic carbocycles. The first-order valence-electron chi connectivity index (χ1n) is 6.35. The summed E-state index contributed by atoms with van der Waals surface area (Å²) in [5.41, 5.74) is 0. The standard InChI is InChI=1S/C13H17NO4S/c1-2-3-9-8-14(6-7-18-9)12(15)10-4-5-11(19-10)13(16)17/h4-5,9H,2-3,6-8H2,1H3,(H,16,17). The molecule has 0 radical (unpaired) electrons. The SMILES string of the molecule is CCCC1CN(C(=O)c2ccc(C(=O)O)s2)CCO1. The molecule has 0 aromatic carbocycles. The highest BCUT2D eigenvalue weighted by Crippen LogP contribution is 2.20. The second kappa shape index (κ2) is 6.16. The summed E-state index contributed by atoms with van der Waals surface area (Å²) >= 11 is 1.03. The van der Waals surface area contributed by atoms with Crippen LogP contribution in [0.5, 0.6) is 0 Å². The third-order valence-corrected chi connectivity index (χ3v) is 4.13. The first-order valence-corrected chi connectivity index (χ1v) is 7.17. The molecule has 104 valence electrons. The minimum Gasteiger partial charge on any atom is -0.477 e. The molecule has 1 N–H and O–H groups in total. The molecule has 1 saturated heterocycles. The van der Waals surface area contributed by atoms with Gasteiger partial charge in [-0.3, -0.25) is 4.79 Å². The number of amides is 1. The first-order chi connectivity index (χ1) is 9.11. The van der Waals surface area contributed by atoms with Gasteiger partial charge in [-0.1, -0.05) is 13.3 Å². The quantitative estimate of drug-likeness (QED) is 0.918. The van der Waals surface area contributed by atoms with Crippen LogP contribution >= 0.6 is 11.3 Å². The average molecular weight is 283 g/mol. The largest absolute Gasteiger partial charge is 0.477 e. The van der Waals surface area contributed by atoms with E-state index in [1.807, 2.05) is 0 Å². The predicted octanol–water partition coefficient (Wildman–Crippen LogP) is 2.09. The van der Waals surface area contributed by atoms with E-state index in [9.17, 15) is 9.59 Å². The summed E-state index contributed by atoms with van der Waals surface area (Å²) in [5.74, 6) is -1.09. The van der Waals surface area contributed by atoms with Gasteiger partial charge in [0.1, 0.15) is 4.88 Å². The number of carboxylic acid groups (broad SMARTS) is 1. The maximum atomic E-state index is 12.3. The zero-order valence-corrected chi connectivity index (χ0v) is 11.6. The van der Waals surface area contributed by atoms with Gasteiger partial charge in [-0.15, -0.1) is 11.3 Å². The van der Waals surface area contributed by atoms with Crippen molar-refractivity contribution in [2.45, 2.75) is 25.9 Å². The monoisotopic (exact) mass is 283 g/mol. The van der Waals surface area contributed by atoms with Crippen LogP contribution in [0.15, 0.2) is 12.1 Å². The van der Waals surface area contributed by atoms with Gasteiger partial charge >= 0.3 is 5.97 Å². The van der Waals surface area contributed by atoms with Crippen LogP contribution in [0.1, 0.15) is 39.1 Å². The molecule has 2 rings (SSSR count). The Hall–Kier alpha value is -1.40. The molecular weight excluding hydrogens is 266 g/mol. The van der Waals surface area contributed by atoms with E-state index in [1.165, 1.54) is 6.07 Å². The number of carbonyl (C=O) groups is 2. The van der Waals surface area contributed by atoms with E-state index in [0.29, 0.717) is 24.6 Å². The minimum absolute atomic E-state index is 0.0955. The van der Waals surface area contributed by atoms with Crippen LogP contribution < -0.4 is 0 Å². The zero-order valence-electron chi connectivity index (χ0n) is 10.8. The van der Waals surface area contributed by atoms with E-state index in [2.05, 4.69) is 6.92 Å². The summed E-state index contributed by atoms with van der Waals surface area (Å²) in [6.45, 7) is 3.79. The second-order valence-corrected chi connectivity index (χ2v) is 5.59. The Bertz CT molecular complexity index is 469. The number of ether oxygens (including phenoxy) is 1. The third-order valence-electron chi connectivity index (χ3n) is 3.06. The van der Waals surface area contributed by atoms with Gasteiger partial charge in [0.2, 0.25) is 0 Å². The number of carboxylic acids is 1. The van der Waals surface area contributed by atoms with Crippen molar-refractivity contribution in [2.75, 3.05) is 19.7 Å². The molecule has 0 saturated carbocycles. The lowest BCUT2D eigenvalue weighted by Crippen LogP contribution is -2.45. The van der Waals surface area contributed by atoms with E-state index in [4.69, 9.17) is 9.84 Å². The lowest BCUT2D eigenvalue weighted by Gasteiger charge is -2.32. The van der Waals surface area contributed by atoms with Crippen molar-refractivity contribution in [2.24, 2.45) is 0 Å². The number of carbonyl (C=O) groups excluding carboxylic acids is 1. The molecule has 19 heavy (non-hydrogen) atoms. The number of hydrogen-bond donors (Lipinski definition) is 1. The van der Waals surface area contributed by atoms with Crippen molar-refractivity contribution in [1.29, 1.82) is 0 Å². The fraction of sp³-hybridized carbons (Fsp3) is 0.538. The molecule has 1 fully saturated rings. The fourth-order valence-corrected chi connectivity index (χ4v) is 2.94. The van der Waals surface area contributed by atoms with E-state index >= 15 is 0 Å². The molecule has 6 heteroatoms. The molecule has 5 nitrogen and oxygen atoms in total. The molecule has 1 aliphatic rings. The summed E-state index contributed by atoms with van der Waals surface area (Å²) in [5, 5.41) is 8.87. The van der Waals surface area contributed by atoms with Crippen LogP contribution in [0, 0.1) is 0 Å². The minimum atomic E-state index is -0.991. The van der Waals surface area contributed by atoms with Crippen LogP contribution in [-0.2, 0) is 4.74 Å². The van der Waals surface area contributed by atoms with Gasteiger partial charge in [-0.05, 0) is 18.6 Å². The maximum absolute atomic E-state index is 12.3. The zero-order chi connectivity index (χ0) is 13.8. The van der Waals surface area contributed by atoms with Crippen LogP contribution in [0.25, 0.3) is 0 Å². The third kappa shape index (κ3) is 3.33. The Balaban J connectivity index is 2.03. The molecule has 0 bridgehead atoms. The highest BCUT2D eigenvalue weighted by molar-refractivity contribution is 7.15. The number of aromatic carboxylic acids is 1. The number of thiophene rings is 1. The lowest BCUT2D eigenvalue weighted by molar-refractivity contribution is -0.0248. The molecule has 0 spiro atoms. The highest BCUT2D eigenvalue weighted by atomic mass is 32.1. The Morgan fingerprint density at radius 2 is 2.21 bits per heavy atom. The van der Waals surface area contributed by atoms with Gasteiger partial charge in [0.15, 0.2) is 0 Å². The lowest BCUT2D eigenvalue weighted by atomic mass is 10.1. The topological polar surface area (TPSA) is 66.8 Å². The van der Waals surface area contributed by atoms with Crippen LogP contribution in [0.2, 0.25) is 0 Å². The molecular formula is C13H17NO4S. The highest BCUT2D eigenvalue weighted by Gasteiger charge is 2.25. The fourth-order valence-electron chi connectivity index (χ4n) is 2.12.